The van der Waals surface area contributed by atoms with Crippen molar-refractivity contribution in [3.63, 3.8) is 0 Å². The highest BCUT2D eigenvalue weighted by molar-refractivity contribution is 5.52. The van der Waals surface area contributed by atoms with Crippen LogP contribution in [-0.4, -0.2) is 0 Å². The second-order valence-electron chi connectivity index (χ2n) is 6.72. The molecule has 0 aliphatic heterocycles. The van der Waals surface area contributed by atoms with Gasteiger partial charge in [-0.2, -0.15) is 0 Å². The Bertz CT molecular complexity index is 991. The molecule has 0 aromatic heterocycles. The van der Waals surface area contributed by atoms with Crippen LogP contribution >= 0.6 is 0 Å². The Labute approximate surface area is 156 Å². The summed E-state index contributed by atoms with van der Waals surface area (Å²) in [5.41, 5.74) is 9.00. The maximum atomic E-state index is 3.29. The van der Waals surface area contributed by atoms with Crippen molar-refractivity contribution in [3.8, 4) is 23.7 Å². The molecule has 0 atom stereocenters. The van der Waals surface area contributed by atoms with Gasteiger partial charge in [0.15, 0.2) is 0 Å². The van der Waals surface area contributed by atoms with Gasteiger partial charge in [-0.1, -0.05) is 54.0 Å². The molecule has 3 rings (SSSR count). The van der Waals surface area contributed by atoms with Crippen molar-refractivity contribution in [1.29, 1.82) is 0 Å². The largest absolute Gasteiger partial charge is 0.0616 e. The molecule has 26 heavy (non-hydrogen) atoms. The quantitative estimate of drug-likeness (QED) is 0.461. The molecule has 0 unspecified atom stereocenters. The predicted octanol–water partition coefficient (Wildman–Crippen LogP) is 5.72. The lowest BCUT2D eigenvalue weighted by Crippen LogP contribution is -1.85. The Balaban J connectivity index is 1.89. The lowest BCUT2D eigenvalue weighted by atomic mass is 10.0. The highest BCUT2D eigenvalue weighted by atomic mass is 14.0. The molecule has 0 radical (unpaired) electrons. The standard InChI is InChI=1S/C26H22/c1-19-8-10-21(3)25(16-19)14-12-23-6-5-7-24(18-23)13-15-26-17-20(2)9-11-22(26)4/h5-11,16-18H,1-4H3. The van der Waals surface area contributed by atoms with Crippen molar-refractivity contribution >= 4 is 0 Å². The Morgan fingerprint density at radius 1 is 0.500 bits per heavy atom. The van der Waals surface area contributed by atoms with E-state index in [1.165, 1.54) is 22.3 Å². The minimum atomic E-state index is 0.985. The zero-order valence-electron chi connectivity index (χ0n) is 15.8. The Morgan fingerprint density at radius 2 is 0.962 bits per heavy atom. The molecule has 0 spiro atoms. The van der Waals surface area contributed by atoms with Crippen LogP contribution in [0.4, 0.5) is 0 Å². The van der Waals surface area contributed by atoms with E-state index in [-0.39, 0.29) is 0 Å². The third kappa shape index (κ3) is 4.44. The van der Waals surface area contributed by atoms with Crippen LogP contribution in [0.25, 0.3) is 0 Å². The van der Waals surface area contributed by atoms with E-state index in [1.54, 1.807) is 0 Å². The summed E-state index contributed by atoms with van der Waals surface area (Å²) in [5.74, 6) is 13.1. The van der Waals surface area contributed by atoms with Gasteiger partial charge in [0.2, 0.25) is 0 Å². The molecule has 0 saturated carbocycles. The second-order valence-corrected chi connectivity index (χ2v) is 6.72. The Morgan fingerprint density at radius 3 is 1.42 bits per heavy atom. The van der Waals surface area contributed by atoms with Crippen LogP contribution in [0.15, 0.2) is 60.7 Å². The molecule has 3 aromatic rings. The summed E-state index contributed by atoms with van der Waals surface area (Å²) >= 11 is 0. The summed E-state index contributed by atoms with van der Waals surface area (Å²) in [7, 11) is 0. The van der Waals surface area contributed by atoms with E-state index in [9.17, 15) is 0 Å². The fraction of sp³-hybridized carbons (Fsp3) is 0.154. The molecular formula is C26H22. The summed E-state index contributed by atoms with van der Waals surface area (Å²) in [4.78, 5) is 0. The number of hydrogen-bond acceptors (Lipinski definition) is 0. The Hall–Kier alpha value is -3.22. The Kier molecular flexibility index (Phi) is 5.26. The first-order valence-electron chi connectivity index (χ1n) is 8.80. The minimum absolute atomic E-state index is 0.985. The third-order valence-corrected chi connectivity index (χ3v) is 4.33. The average Bonchev–Trinajstić information content (AvgIpc) is 2.63. The van der Waals surface area contributed by atoms with Crippen molar-refractivity contribution in [1.82, 2.24) is 0 Å². The van der Waals surface area contributed by atoms with Crippen molar-refractivity contribution in [2.45, 2.75) is 27.7 Å². The third-order valence-electron chi connectivity index (χ3n) is 4.33. The van der Waals surface area contributed by atoms with Gasteiger partial charge < -0.3 is 0 Å². The smallest absolute Gasteiger partial charge is 0.0280 e. The van der Waals surface area contributed by atoms with E-state index < -0.39 is 0 Å². The minimum Gasteiger partial charge on any atom is -0.0616 e. The van der Waals surface area contributed by atoms with E-state index in [4.69, 9.17) is 0 Å². The zero-order valence-corrected chi connectivity index (χ0v) is 15.8. The number of rotatable bonds is 0. The topological polar surface area (TPSA) is 0 Å². The lowest BCUT2D eigenvalue weighted by Gasteiger charge is -2.00. The normalized spacial score (nSPS) is 9.69. The highest BCUT2D eigenvalue weighted by Gasteiger charge is 1.96. The van der Waals surface area contributed by atoms with Gasteiger partial charge in [-0.25, -0.2) is 0 Å². The molecular weight excluding hydrogens is 312 g/mol. The maximum absolute atomic E-state index is 3.29. The van der Waals surface area contributed by atoms with E-state index in [1.807, 2.05) is 18.2 Å². The molecule has 3 aromatic carbocycles. The summed E-state index contributed by atoms with van der Waals surface area (Å²) in [5, 5.41) is 0. The molecule has 0 aliphatic rings. The van der Waals surface area contributed by atoms with Gasteiger partial charge in [0.1, 0.15) is 0 Å². The molecule has 0 N–H and O–H groups in total. The molecule has 0 heterocycles. The summed E-state index contributed by atoms with van der Waals surface area (Å²) in [6, 6.07) is 20.9. The first-order chi connectivity index (χ1) is 12.5. The van der Waals surface area contributed by atoms with Crippen LogP contribution in [0.2, 0.25) is 0 Å². The van der Waals surface area contributed by atoms with Crippen molar-refractivity contribution in [3.05, 3.63) is 105 Å². The van der Waals surface area contributed by atoms with Crippen LogP contribution in [-0.2, 0) is 0 Å². The monoisotopic (exact) mass is 334 g/mol. The van der Waals surface area contributed by atoms with Crippen LogP contribution < -0.4 is 0 Å². The van der Waals surface area contributed by atoms with Gasteiger partial charge in [-0.3, -0.25) is 0 Å². The van der Waals surface area contributed by atoms with Crippen LogP contribution in [0.1, 0.15) is 44.5 Å². The first kappa shape index (κ1) is 17.6. The van der Waals surface area contributed by atoms with E-state index in [0.29, 0.717) is 0 Å². The summed E-state index contributed by atoms with van der Waals surface area (Å²) in [6.07, 6.45) is 0. The van der Waals surface area contributed by atoms with E-state index >= 15 is 0 Å². The fourth-order valence-corrected chi connectivity index (χ4v) is 2.69. The van der Waals surface area contributed by atoms with E-state index in [0.717, 1.165) is 22.3 Å². The fourth-order valence-electron chi connectivity index (χ4n) is 2.69. The second kappa shape index (κ2) is 7.77. The summed E-state index contributed by atoms with van der Waals surface area (Å²) in [6.45, 7) is 8.37. The average molecular weight is 334 g/mol. The van der Waals surface area contributed by atoms with Crippen LogP contribution in [0, 0.1) is 51.4 Å². The van der Waals surface area contributed by atoms with Gasteiger partial charge in [-0.15, -0.1) is 0 Å². The van der Waals surface area contributed by atoms with Gasteiger partial charge in [0, 0.05) is 22.3 Å². The molecule has 0 amide bonds. The van der Waals surface area contributed by atoms with Gasteiger partial charge >= 0.3 is 0 Å². The molecule has 126 valence electrons. The first-order valence-corrected chi connectivity index (χ1v) is 8.80. The van der Waals surface area contributed by atoms with Crippen molar-refractivity contribution in [2.75, 3.05) is 0 Å². The molecule has 0 nitrogen and oxygen atoms in total. The van der Waals surface area contributed by atoms with Crippen LogP contribution in [0.5, 0.6) is 0 Å². The number of aryl methyl sites for hydroxylation is 4. The van der Waals surface area contributed by atoms with Crippen LogP contribution in [0.3, 0.4) is 0 Å². The van der Waals surface area contributed by atoms with Crippen molar-refractivity contribution in [2.24, 2.45) is 0 Å². The molecule has 0 saturated heterocycles. The van der Waals surface area contributed by atoms with Gasteiger partial charge in [0.25, 0.3) is 0 Å². The van der Waals surface area contributed by atoms with Crippen molar-refractivity contribution < 1.29 is 0 Å². The predicted molar refractivity (Wildman–Crippen MR) is 110 cm³/mol. The molecule has 0 bridgehead atoms. The number of benzene rings is 3. The molecule has 0 aliphatic carbocycles. The SMILES string of the molecule is Cc1ccc(C)c(C#Cc2cccc(C#Cc3cc(C)ccc3C)c2)c1. The number of hydrogen-bond donors (Lipinski definition) is 0. The van der Waals surface area contributed by atoms with Gasteiger partial charge in [-0.05, 0) is 80.3 Å². The molecule has 0 heteroatoms. The van der Waals surface area contributed by atoms with E-state index in [2.05, 4.69) is 93.8 Å². The van der Waals surface area contributed by atoms with Gasteiger partial charge in [0.05, 0.1) is 0 Å². The molecule has 0 fully saturated rings. The lowest BCUT2D eigenvalue weighted by molar-refractivity contribution is 1.37. The summed E-state index contributed by atoms with van der Waals surface area (Å²) < 4.78 is 0. The maximum Gasteiger partial charge on any atom is 0.0280 e. The highest BCUT2D eigenvalue weighted by Crippen LogP contribution is 2.11. The zero-order chi connectivity index (χ0) is 18.5.